The smallest absolute Gasteiger partial charge is 0.266 e. The number of hydrogen-bond donors (Lipinski definition) is 2. The van der Waals surface area contributed by atoms with Crippen LogP contribution in [-0.4, -0.2) is 11.8 Å². The van der Waals surface area contributed by atoms with Gasteiger partial charge in [-0.25, -0.2) is 0 Å². The Hall–Kier alpha value is -2.96. The molecule has 2 aromatic heterocycles. The molecule has 134 valence electrons. The fourth-order valence-corrected chi connectivity index (χ4v) is 4.58. The normalized spacial score (nSPS) is 10.7. The predicted molar refractivity (Wildman–Crippen MR) is 113 cm³/mol. The fourth-order valence-electron chi connectivity index (χ4n) is 2.85. The minimum absolute atomic E-state index is 0.143. The van der Waals surface area contributed by atoms with E-state index in [1.54, 1.807) is 30.3 Å². The first-order chi connectivity index (χ1) is 13.1. The number of aryl methyl sites for hydroxylation is 1. The maximum absolute atomic E-state index is 12.7. The average molecular weight is 393 g/mol. The highest BCUT2D eigenvalue weighted by Gasteiger charge is 2.15. The van der Waals surface area contributed by atoms with Gasteiger partial charge in [-0.15, -0.1) is 22.7 Å². The maximum Gasteiger partial charge on any atom is 0.266 e. The number of carbonyl (C=O) groups is 2. The van der Waals surface area contributed by atoms with Crippen LogP contribution in [0.25, 0.3) is 10.1 Å². The summed E-state index contributed by atoms with van der Waals surface area (Å²) < 4.78 is 1.09. The highest BCUT2D eigenvalue weighted by atomic mass is 32.1. The van der Waals surface area contributed by atoms with E-state index >= 15 is 0 Å². The molecule has 27 heavy (non-hydrogen) atoms. The van der Waals surface area contributed by atoms with Crippen LogP contribution in [-0.2, 0) is 0 Å². The zero-order valence-electron chi connectivity index (χ0n) is 14.5. The van der Waals surface area contributed by atoms with Crippen LogP contribution in [0.3, 0.4) is 0 Å². The number of hydrogen-bond acceptors (Lipinski definition) is 4. The third-order valence-electron chi connectivity index (χ3n) is 4.17. The maximum atomic E-state index is 12.7. The van der Waals surface area contributed by atoms with Gasteiger partial charge in [0.05, 0.1) is 9.75 Å². The van der Waals surface area contributed by atoms with Gasteiger partial charge < -0.3 is 10.6 Å². The molecule has 4 nitrogen and oxygen atoms in total. The molecule has 4 rings (SSSR count). The highest BCUT2D eigenvalue weighted by molar-refractivity contribution is 7.21. The lowest BCUT2D eigenvalue weighted by Gasteiger charge is -2.08. The standard InChI is InChI=1S/C21H16N2O2S2/c1-13-16-8-2-3-9-17(16)27-19(13)21(25)23-15-7-4-6-14(12-15)22-20(24)18-10-5-11-26-18/h2-12H,1H3,(H,22,24)(H,23,25). The van der Waals surface area contributed by atoms with E-state index in [0.717, 1.165) is 15.6 Å². The number of amides is 2. The van der Waals surface area contributed by atoms with Gasteiger partial charge in [0.25, 0.3) is 11.8 Å². The average Bonchev–Trinajstić information content (AvgIpc) is 3.31. The number of fused-ring (bicyclic) bond motifs is 1. The van der Waals surface area contributed by atoms with Crippen LogP contribution in [0.2, 0.25) is 0 Å². The van der Waals surface area contributed by atoms with E-state index in [4.69, 9.17) is 0 Å². The number of anilines is 2. The molecule has 0 atom stereocenters. The molecule has 4 aromatic rings. The van der Waals surface area contributed by atoms with Crippen LogP contribution < -0.4 is 10.6 Å². The Bertz CT molecular complexity index is 1130. The van der Waals surface area contributed by atoms with Crippen molar-refractivity contribution in [2.24, 2.45) is 0 Å². The minimum Gasteiger partial charge on any atom is -0.321 e. The number of carbonyl (C=O) groups excluding carboxylic acids is 2. The Balaban J connectivity index is 1.53. The van der Waals surface area contributed by atoms with Gasteiger partial charge in [0.2, 0.25) is 0 Å². The topological polar surface area (TPSA) is 58.2 Å². The summed E-state index contributed by atoms with van der Waals surface area (Å²) in [6, 6.07) is 18.8. The van der Waals surface area contributed by atoms with Crippen LogP contribution in [0.15, 0.2) is 66.0 Å². The highest BCUT2D eigenvalue weighted by Crippen LogP contribution is 2.31. The Morgan fingerprint density at radius 2 is 1.59 bits per heavy atom. The van der Waals surface area contributed by atoms with Crippen LogP contribution in [0.1, 0.15) is 24.9 Å². The summed E-state index contributed by atoms with van der Waals surface area (Å²) in [5.41, 5.74) is 2.26. The SMILES string of the molecule is Cc1c(C(=O)Nc2cccc(NC(=O)c3cccs3)c2)sc2ccccc12. The molecular formula is C21H16N2O2S2. The monoisotopic (exact) mass is 392 g/mol. The van der Waals surface area contributed by atoms with Crippen molar-refractivity contribution in [3.8, 4) is 0 Å². The molecule has 2 N–H and O–H groups in total. The molecule has 0 aliphatic carbocycles. The van der Waals surface area contributed by atoms with Crippen LogP contribution in [0.5, 0.6) is 0 Å². The second-order valence-electron chi connectivity index (χ2n) is 6.02. The Morgan fingerprint density at radius 3 is 2.30 bits per heavy atom. The van der Waals surface area contributed by atoms with Gasteiger partial charge in [0, 0.05) is 16.1 Å². The second kappa shape index (κ2) is 7.34. The molecule has 2 heterocycles. The van der Waals surface area contributed by atoms with Gasteiger partial charge >= 0.3 is 0 Å². The molecule has 6 heteroatoms. The van der Waals surface area contributed by atoms with Crippen molar-refractivity contribution in [3.05, 3.63) is 81.4 Å². The summed E-state index contributed by atoms with van der Waals surface area (Å²) in [5.74, 6) is -0.302. The van der Waals surface area contributed by atoms with Crippen molar-refractivity contribution < 1.29 is 9.59 Å². The Kier molecular flexibility index (Phi) is 4.75. The van der Waals surface area contributed by atoms with E-state index < -0.39 is 0 Å². The summed E-state index contributed by atoms with van der Waals surface area (Å²) in [6.45, 7) is 1.96. The first-order valence-corrected chi connectivity index (χ1v) is 10.1. The van der Waals surface area contributed by atoms with Gasteiger partial charge in [-0.3, -0.25) is 9.59 Å². The number of nitrogens with one attached hydrogen (secondary N) is 2. The van der Waals surface area contributed by atoms with Gasteiger partial charge in [-0.05, 0) is 53.6 Å². The molecule has 2 aromatic carbocycles. The third kappa shape index (κ3) is 3.63. The first kappa shape index (κ1) is 17.5. The lowest BCUT2D eigenvalue weighted by molar-refractivity contribution is 0.102. The Labute approximate surface area is 164 Å². The molecule has 0 radical (unpaired) electrons. The molecule has 0 spiro atoms. The van der Waals surface area contributed by atoms with Crippen LogP contribution >= 0.6 is 22.7 Å². The van der Waals surface area contributed by atoms with Gasteiger partial charge in [0.1, 0.15) is 0 Å². The van der Waals surface area contributed by atoms with E-state index in [0.29, 0.717) is 21.1 Å². The fraction of sp³-hybridized carbons (Fsp3) is 0.0476. The number of benzene rings is 2. The molecule has 2 amide bonds. The van der Waals surface area contributed by atoms with Gasteiger partial charge in [-0.1, -0.05) is 30.3 Å². The van der Waals surface area contributed by atoms with E-state index in [1.807, 2.05) is 42.6 Å². The van der Waals surface area contributed by atoms with Crippen LogP contribution in [0, 0.1) is 6.92 Å². The summed E-state index contributed by atoms with van der Waals surface area (Å²) in [5, 5.41) is 8.75. The summed E-state index contributed by atoms with van der Waals surface area (Å²) in [7, 11) is 0. The van der Waals surface area contributed by atoms with Gasteiger partial charge in [-0.2, -0.15) is 0 Å². The molecule has 0 saturated heterocycles. The summed E-state index contributed by atoms with van der Waals surface area (Å²) in [6.07, 6.45) is 0. The number of thiophene rings is 2. The first-order valence-electron chi connectivity index (χ1n) is 8.36. The predicted octanol–water partition coefficient (Wildman–Crippen LogP) is 5.78. The molecule has 0 aliphatic rings. The summed E-state index contributed by atoms with van der Waals surface area (Å²) >= 11 is 2.87. The molecule has 0 unspecified atom stereocenters. The van der Waals surface area contributed by atoms with E-state index in [2.05, 4.69) is 10.6 Å². The van der Waals surface area contributed by atoms with Crippen molar-refractivity contribution in [2.75, 3.05) is 10.6 Å². The molecule has 0 bridgehead atoms. The molecule has 0 saturated carbocycles. The molecule has 0 fully saturated rings. The van der Waals surface area contributed by atoms with Crippen molar-refractivity contribution in [1.29, 1.82) is 0 Å². The van der Waals surface area contributed by atoms with E-state index in [-0.39, 0.29) is 11.8 Å². The lowest BCUT2D eigenvalue weighted by Crippen LogP contribution is -2.13. The quantitative estimate of drug-likeness (QED) is 0.463. The van der Waals surface area contributed by atoms with Crippen molar-refractivity contribution in [2.45, 2.75) is 6.92 Å². The van der Waals surface area contributed by atoms with Crippen molar-refractivity contribution in [1.82, 2.24) is 0 Å². The van der Waals surface area contributed by atoms with Crippen LogP contribution in [0.4, 0.5) is 11.4 Å². The minimum atomic E-state index is -0.158. The van der Waals surface area contributed by atoms with Crippen molar-refractivity contribution >= 4 is 55.9 Å². The van der Waals surface area contributed by atoms with Gasteiger partial charge in [0.15, 0.2) is 0 Å². The molecule has 0 aliphatic heterocycles. The second-order valence-corrected chi connectivity index (χ2v) is 8.02. The lowest BCUT2D eigenvalue weighted by atomic mass is 10.1. The molecular weight excluding hydrogens is 376 g/mol. The number of rotatable bonds is 4. The zero-order valence-corrected chi connectivity index (χ0v) is 16.1. The summed E-state index contributed by atoms with van der Waals surface area (Å²) in [4.78, 5) is 26.3. The largest absolute Gasteiger partial charge is 0.321 e. The van der Waals surface area contributed by atoms with E-state index in [9.17, 15) is 9.59 Å². The van der Waals surface area contributed by atoms with E-state index in [1.165, 1.54) is 22.7 Å². The zero-order chi connectivity index (χ0) is 18.8. The third-order valence-corrected chi connectivity index (χ3v) is 6.31. The Morgan fingerprint density at radius 1 is 0.852 bits per heavy atom. The van der Waals surface area contributed by atoms with Crippen molar-refractivity contribution in [3.63, 3.8) is 0 Å².